The number of hydrogen-bond acceptors (Lipinski definition) is 0. The molecule has 0 spiro atoms. The fraction of sp³-hybridized carbons (Fsp3) is 1.00. The van der Waals surface area contributed by atoms with Crippen molar-refractivity contribution in [2.45, 2.75) is 55.4 Å². The van der Waals surface area contributed by atoms with Crippen LogP contribution >= 0.6 is 0 Å². The summed E-state index contributed by atoms with van der Waals surface area (Å²) >= 11 is 0. The molecule has 0 aromatic carbocycles. The molecule has 0 aliphatic heterocycles. The van der Waals surface area contributed by atoms with Crippen LogP contribution in [-0.4, -0.2) is 0 Å². The van der Waals surface area contributed by atoms with Gasteiger partial charge in [0, 0.05) is 0 Å². The lowest BCUT2D eigenvalue weighted by Crippen LogP contribution is -3.29. The molecule has 1 heteroatoms. The quantitative estimate of drug-likeness (QED) is 0.589. The van der Waals surface area contributed by atoms with E-state index in [2.05, 4.69) is 55.4 Å². The van der Waals surface area contributed by atoms with E-state index in [1.165, 1.54) is 0 Å². The smallest absolute Gasteiger partial charge is 0.0130 e. The van der Waals surface area contributed by atoms with Crippen molar-refractivity contribution in [3.8, 4) is 0 Å². The normalized spacial score (nSPS) is 91.8. The van der Waals surface area contributed by atoms with E-state index in [1.54, 1.807) is 0 Å². The Morgan fingerprint density at radius 3 is 0.412 bits per heavy atom. The molecule has 0 unspecified atom stereocenters. The summed E-state index contributed by atoms with van der Waals surface area (Å²) in [7, 11) is 0. The summed E-state index contributed by atoms with van der Waals surface area (Å²) in [5, 5.41) is 0. The second-order valence-corrected chi connectivity index (χ2v) is 9.00. The van der Waals surface area contributed by atoms with Crippen LogP contribution in [0.15, 0.2) is 0 Å². The van der Waals surface area contributed by atoms with Gasteiger partial charge >= 0.3 is 0 Å². The maximum Gasteiger partial charge on any atom is -0.0130 e. The third kappa shape index (κ3) is 0.265. The van der Waals surface area contributed by atoms with Crippen LogP contribution in [0.3, 0.4) is 0 Å². The van der Waals surface area contributed by atoms with Gasteiger partial charge in [0.1, 0.15) is 0 Å². The van der Waals surface area contributed by atoms with E-state index in [0.29, 0.717) is 43.3 Å². The lowest BCUT2D eigenvalue weighted by atomic mass is 8.71. The average molecular weight is 236 g/mol. The lowest BCUT2D eigenvalue weighted by Gasteiger charge is -3.32. The van der Waals surface area contributed by atoms with E-state index in [9.17, 15) is 0 Å². The number of rotatable bonds is 0. The van der Waals surface area contributed by atoms with Gasteiger partial charge < -0.3 is 0 Å². The maximum atomic E-state index is 2.61. The molecule has 0 nitrogen and oxygen atoms in total. The third-order valence-corrected chi connectivity index (χ3v) is 12.0. The van der Waals surface area contributed by atoms with Crippen molar-refractivity contribution in [2.75, 3.05) is 0 Å². The van der Waals surface area contributed by atoms with Crippen LogP contribution in [0.25, 0.3) is 0 Å². The highest BCUT2D eigenvalue weighted by atomic mass is 19.0. The van der Waals surface area contributed by atoms with E-state index in [-0.39, 0.29) is 4.70 Å². The van der Waals surface area contributed by atoms with Gasteiger partial charge in [-0.25, -0.2) is 0 Å². The van der Waals surface area contributed by atoms with Gasteiger partial charge in [0.05, 0.1) is 0 Å². The van der Waals surface area contributed by atoms with Crippen LogP contribution in [-0.2, 0) is 0 Å². The molecule has 96 valence electrons. The molecular weight excluding hydrogens is 211 g/mol. The molecule has 0 heterocycles. The molecule has 6 aliphatic rings. The lowest BCUT2D eigenvalue weighted by molar-refractivity contribution is -0.862. The Kier molecular flexibility index (Phi) is 0.983. The minimum Gasteiger partial charge on any atom is -0.269 e. The van der Waals surface area contributed by atoms with Gasteiger partial charge in [-0.1, -0.05) is 55.4 Å². The minimum atomic E-state index is 0. The van der Waals surface area contributed by atoms with Crippen molar-refractivity contribution in [3.05, 3.63) is 0 Å². The minimum absolute atomic E-state index is 0. The van der Waals surface area contributed by atoms with Gasteiger partial charge in [-0.15, -0.1) is 0 Å². The Morgan fingerprint density at radius 1 is 0.294 bits per heavy atom. The van der Waals surface area contributed by atoms with Crippen LogP contribution in [0.1, 0.15) is 55.4 Å². The largest absolute Gasteiger partial charge is 0.269 e. The predicted molar refractivity (Wildman–Crippen MR) is 67.4 cm³/mol. The van der Waals surface area contributed by atoms with E-state index >= 15 is 0 Å². The van der Waals surface area contributed by atoms with Crippen LogP contribution in [0.2, 0.25) is 0 Å². The monoisotopic (exact) mass is 236 g/mol. The first-order valence-corrected chi connectivity index (χ1v) is 7.00. The molecule has 0 N–H and O–H groups in total. The zero-order chi connectivity index (χ0) is 12.0. The number of hydrogen-bond donors (Lipinski definition) is 0. The van der Waals surface area contributed by atoms with E-state index in [0.717, 1.165) is 0 Å². The summed E-state index contributed by atoms with van der Waals surface area (Å²) in [4.78, 5) is 0. The van der Waals surface area contributed by atoms with Gasteiger partial charge in [-0.3, -0.25) is 4.70 Å². The average Bonchev–Trinajstić information content (AvgIpc) is 2.27. The highest BCUT2D eigenvalue weighted by Gasteiger charge is 3.29. The Balaban J connectivity index is 0.000000800. The van der Waals surface area contributed by atoms with Crippen molar-refractivity contribution in [3.63, 3.8) is 0 Å². The van der Waals surface area contributed by atoms with Crippen molar-refractivity contribution in [1.82, 2.24) is 0 Å². The molecule has 0 bridgehead atoms. The zero-order valence-electron chi connectivity index (χ0n) is 12.4. The Bertz CT molecular complexity index is 322. The Hall–Kier alpha value is -0.0700. The van der Waals surface area contributed by atoms with Crippen molar-refractivity contribution < 1.29 is 4.70 Å². The molecular formula is C16H25F. The summed E-state index contributed by atoms with van der Waals surface area (Å²) in [6.07, 6.45) is 0. The molecule has 0 aromatic heterocycles. The second kappa shape index (κ2) is 1.55. The zero-order valence-corrected chi connectivity index (χ0v) is 12.4. The summed E-state index contributed by atoms with van der Waals surface area (Å²) in [6.45, 7) is 20.9. The van der Waals surface area contributed by atoms with Crippen LogP contribution < -0.4 is 0 Å². The van der Waals surface area contributed by atoms with Gasteiger partial charge in [-0.05, 0) is 43.3 Å². The molecule has 0 aromatic rings. The van der Waals surface area contributed by atoms with E-state index in [4.69, 9.17) is 0 Å². The molecule has 0 saturated heterocycles. The molecule has 6 aliphatic carbocycles. The summed E-state index contributed by atoms with van der Waals surface area (Å²) in [6, 6.07) is 0. The van der Waals surface area contributed by atoms with Gasteiger partial charge in [0.25, 0.3) is 0 Å². The van der Waals surface area contributed by atoms with Gasteiger partial charge in [0.15, 0.2) is 0 Å². The highest BCUT2D eigenvalue weighted by Crippen LogP contribution is 3.32. The molecule has 6 rings (SSSR count). The summed E-state index contributed by atoms with van der Waals surface area (Å²) in [5.74, 6) is 0. The van der Waals surface area contributed by atoms with Crippen LogP contribution in [0.5, 0.6) is 0 Å². The van der Waals surface area contributed by atoms with Gasteiger partial charge in [0.2, 0.25) is 0 Å². The van der Waals surface area contributed by atoms with Gasteiger partial charge in [-0.2, -0.15) is 0 Å². The topological polar surface area (TPSA) is 0 Å². The molecule has 6 fully saturated rings. The second-order valence-electron chi connectivity index (χ2n) is 9.00. The van der Waals surface area contributed by atoms with Crippen LogP contribution in [0, 0.1) is 43.3 Å². The fourth-order valence-electron chi connectivity index (χ4n) is 11.6. The summed E-state index contributed by atoms with van der Waals surface area (Å²) < 4.78 is 0. The highest BCUT2D eigenvalue weighted by molar-refractivity contribution is 5.75. The third-order valence-electron chi connectivity index (χ3n) is 12.0. The van der Waals surface area contributed by atoms with Crippen LogP contribution in [0.4, 0.5) is 4.70 Å². The molecule has 0 atom stereocenters. The van der Waals surface area contributed by atoms with Crippen molar-refractivity contribution in [2.24, 2.45) is 43.3 Å². The molecule has 6 saturated carbocycles. The molecule has 0 amide bonds. The van der Waals surface area contributed by atoms with E-state index < -0.39 is 0 Å². The fourth-order valence-corrected chi connectivity index (χ4v) is 11.6. The molecule has 0 radical (unpaired) electrons. The SMILES string of the molecule is CC12C3(C)C4(C)C1(C)C1(C)C2(C)C3(C)C41C.F. The van der Waals surface area contributed by atoms with E-state index in [1.807, 2.05) is 0 Å². The Labute approximate surface area is 104 Å². The van der Waals surface area contributed by atoms with Crippen molar-refractivity contribution >= 4 is 0 Å². The standard InChI is InChI=1S/C16H24.FH/c1-9-10(2)13(5)11(9,3)15(7)12(9,4)14(10,6)16(13,15)8;/h1-8H3;1H. The first-order chi connectivity index (χ1) is 7.00. The first kappa shape index (κ1) is 10.8. The predicted octanol–water partition coefficient (Wildman–Crippen LogP) is 4.26. The first-order valence-electron chi connectivity index (χ1n) is 7.00. The number of halogens is 1. The Morgan fingerprint density at radius 2 is 0.353 bits per heavy atom. The van der Waals surface area contributed by atoms with Crippen molar-refractivity contribution in [1.29, 1.82) is 0 Å². The molecule has 17 heavy (non-hydrogen) atoms. The summed E-state index contributed by atoms with van der Waals surface area (Å²) in [5.41, 5.74) is 5.13. The maximum absolute atomic E-state index is 2.61.